The van der Waals surface area contributed by atoms with Crippen molar-refractivity contribution in [3.8, 4) is 0 Å². The van der Waals surface area contributed by atoms with Gasteiger partial charge < -0.3 is 0 Å². The maximum Gasteiger partial charge on any atom is -0.0360 e. The van der Waals surface area contributed by atoms with E-state index in [4.69, 9.17) is 0 Å². The van der Waals surface area contributed by atoms with E-state index in [-0.39, 0.29) is 0 Å². The third kappa shape index (κ3) is 1.85. The summed E-state index contributed by atoms with van der Waals surface area (Å²) in [7, 11) is 0. The maximum absolute atomic E-state index is 2.48. The van der Waals surface area contributed by atoms with Gasteiger partial charge in [-0.25, -0.2) is 0 Å². The summed E-state index contributed by atoms with van der Waals surface area (Å²) in [4.78, 5) is 0. The number of hydrogen-bond donors (Lipinski definition) is 0. The second kappa shape index (κ2) is 4.24. The van der Waals surface area contributed by atoms with E-state index in [1.165, 1.54) is 19.3 Å². The van der Waals surface area contributed by atoms with Crippen LogP contribution in [0.1, 0.15) is 59.3 Å². The zero-order valence-electron chi connectivity index (χ0n) is 10.1. The molecule has 0 bridgehead atoms. The monoisotopic (exact) mass is 194 g/mol. The highest BCUT2D eigenvalue weighted by Crippen LogP contribution is 2.49. The molecule has 2 saturated carbocycles. The summed E-state index contributed by atoms with van der Waals surface area (Å²) in [5, 5.41) is 0. The van der Waals surface area contributed by atoms with E-state index in [0.717, 1.165) is 29.6 Å². The van der Waals surface area contributed by atoms with Gasteiger partial charge in [0.2, 0.25) is 0 Å². The van der Waals surface area contributed by atoms with Crippen LogP contribution in [-0.2, 0) is 0 Å². The van der Waals surface area contributed by atoms with E-state index in [1.54, 1.807) is 19.3 Å². The van der Waals surface area contributed by atoms with Crippen LogP contribution in [-0.4, -0.2) is 0 Å². The van der Waals surface area contributed by atoms with Crippen LogP contribution in [0, 0.1) is 29.6 Å². The van der Waals surface area contributed by atoms with Gasteiger partial charge in [0.25, 0.3) is 0 Å². The Morgan fingerprint density at radius 2 is 1.93 bits per heavy atom. The molecular weight excluding hydrogens is 168 g/mol. The molecule has 0 aromatic rings. The van der Waals surface area contributed by atoms with Gasteiger partial charge >= 0.3 is 0 Å². The fourth-order valence-corrected chi connectivity index (χ4v) is 3.95. The Bertz CT molecular complexity index is 184. The first-order valence-electron chi connectivity index (χ1n) is 6.72. The van der Waals surface area contributed by atoms with E-state index in [9.17, 15) is 0 Å². The minimum atomic E-state index is 0.979. The number of fused-ring (bicyclic) bond motifs is 1. The quantitative estimate of drug-likeness (QED) is 0.607. The summed E-state index contributed by atoms with van der Waals surface area (Å²) in [6, 6.07) is 0. The van der Waals surface area contributed by atoms with Crippen molar-refractivity contribution < 1.29 is 0 Å². The van der Waals surface area contributed by atoms with Crippen LogP contribution >= 0.6 is 0 Å². The largest absolute Gasteiger partial charge is 0.0651 e. The minimum Gasteiger partial charge on any atom is -0.0651 e. The van der Waals surface area contributed by atoms with Gasteiger partial charge in [0.05, 0.1) is 0 Å². The van der Waals surface area contributed by atoms with Gasteiger partial charge in [0.1, 0.15) is 0 Å². The predicted octanol–water partition coefficient (Wildman–Crippen LogP) is 4.49. The second-order valence-electron chi connectivity index (χ2n) is 5.94. The van der Waals surface area contributed by atoms with Gasteiger partial charge in [0.15, 0.2) is 0 Å². The first kappa shape index (κ1) is 10.5. The molecule has 2 rings (SSSR count). The van der Waals surface area contributed by atoms with E-state index in [1.807, 2.05) is 0 Å². The molecule has 82 valence electrons. The first-order chi connectivity index (χ1) is 6.72. The van der Waals surface area contributed by atoms with E-state index >= 15 is 0 Å². The highest BCUT2D eigenvalue weighted by atomic mass is 14.4. The third-order valence-electron chi connectivity index (χ3n) is 5.25. The molecule has 0 saturated heterocycles. The lowest BCUT2D eigenvalue weighted by Gasteiger charge is -2.36. The molecule has 0 heteroatoms. The molecule has 2 aliphatic carbocycles. The number of rotatable bonds is 2. The van der Waals surface area contributed by atoms with Crippen molar-refractivity contribution in [2.45, 2.75) is 59.3 Å². The van der Waals surface area contributed by atoms with Crippen LogP contribution in [0.2, 0.25) is 0 Å². The van der Waals surface area contributed by atoms with Gasteiger partial charge in [0, 0.05) is 0 Å². The zero-order chi connectivity index (χ0) is 10.1. The molecule has 0 nitrogen and oxygen atoms in total. The van der Waals surface area contributed by atoms with Crippen molar-refractivity contribution in [1.29, 1.82) is 0 Å². The summed E-state index contributed by atoms with van der Waals surface area (Å²) < 4.78 is 0. The summed E-state index contributed by atoms with van der Waals surface area (Å²) in [6.07, 6.45) is 9.07. The summed E-state index contributed by atoms with van der Waals surface area (Å²) >= 11 is 0. The van der Waals surface area contributed by atoms with Crippen molar-refractivity contribution in [3.05, 3.63) is 0 Å². The van der Waals surface area contributed by atoms with Crippen LogP contribution < -0.4 is 0 Å². The predicted molar refractivity (Wildman–Crippen MR) is 62.2 cm³/mol. The number of hydrogen-bond acceptors (Lipinski definition) is 0. The Morgan fingerprint density at radius 1 is 1.14 bits per heavy atom. The highest BCUT2D eigenvalue weighted by Gasteiger charge is 2.38. The van der Waals surface area contributed by atoms with Crippen LogP contribution in [0.5, 0.6) is 0 Å². The smallest absolute Gasteiger partial charge is 0.0360 e. The van der Waals surface area contributed by atoms with Crippen LogP contribution in [0.3, 0.4) is 0 Å². The van der Waals surface area contributed by atoms with Crippen molar-refractivity contribution in [1.82, 2.24) is 0 Å². The fourth-order valence-electron chi connectivity index (χ4n) is 3.95. The molecule has 0 amide bonds. The molecule has 0 radical (unpaired) electrons. The molecule has 2 aliphatic rings. The molecule has 2 fully saturated rings. The topological polar surface area (TPSA) is 0 Å². The summed E-state index contributed by atoms with van der Waals surface area (Å²) in [5.41, 5.74) is 0. The van der Waals surface area contributed by atoms with Gasteiger partial charge in [-0.2, -0.15) is 0 Å². The van der Waals surface area contributed by atoms with Gasteiger partial charge in [-0.1, -0.05) is 33.6 Å². The molecular formula is C14H26. The third-order valence-corrected chi connectivity index (χ3v) is 5.25. The Labute approximate surface area is 89.5 Å². The summed E-state index contributed by atoms with van der Waals surface area (Å²) in [6.45, 7) is 7.30. The van der Waals surface area contributed by atoms with Crippen molar-refractivity contribution in [2.24, 2.45) is 29.6 Å². The molecule has 0 aromatic heterocycles. The molecule has 14 heavy (non-hydrogen) atoms. The average molecular weight is 194 g/mol. The molecule has 0 aliphatic heterocycles. The Kier molecular flexibility index (Phi) is 3.19. The van der Waals surface area contributed by atoms with Gasteiger partial charge in [-0.3, -0.25) is 0 Å². The normalized spacial score (nSPS) is 44.8. The lowest BCUT2D eigenvalue weighted by molar-refractivity contribution is 0.143. The maximum atomic E-state index is 2.48. The second-order valence-corrected chi connectivity index (χ2v) is 5.94. The van der Waals surface area contributed by atoms with E-state index in [0.29, 0.717) is 0 Å². The van der Waals surface area contributed by atoms with E-state index in [2.05, 4.69) is 20.8 Å². The lowest BCUT2D eigenvalue weighted by Crippen LogP contribution is -2.26. The van der Waals surface area contributed by atoms with Crippen molar-refractivity contribution >= 4 is 0 Å². The van der Waals surface area contributed by atoms with Gasteiger partial charge in [-0.05, 0) is 55.3 Å². The minimum absolute atomic E-state index is 0.979. The zero-order valence-corrected chi connectivity index (χ0v) is 10.1. The summed E-state index contributed by atoms with van der Waals surface area (Å²) in [5.74, 6) is 5.30. The van der Waals surface area contributed by atoms with E-state index < -0.39 is 0 Å². The molecule has 0 N–H and O–H groups in total. The van der Waals surface area contributed by atoms with Crippen LogP contribution in [0.4, 0.5) is 0 Å². The first-order valence-corrected chi connectivity index (χ1v) is 6.72. The van der Waals surface area contributed by atoms with Crippen LogP contribution in [0.25, 0.3) is 0 Å². The Morgan fingerprint density at radius 3 is 2.64 bits per heavy atom. The van der Waals surface area contributed by atoms with Crippen molar-refractivity contribution in [3.63, 3.8) is 0 Å². The van der Waals surface area contributed by atoms with Gasteiger partial charge in [-0.15, -0.1) is 0 Å². The fraction of sp³-hybridized carbons (Fsp3) is 1.00. The molecule has 5 atom stereocenters. The average Bonchev–Trinajstić information content (AvgIpc) is 2.59. The van der Waals surface area contributed by atoms with Crippen LogP contribution in [0.15, 0.2) is 0 Å². The highest BCUT2D eigenvalue weighted by molar-refractivity contribution is 4.89. The lowest BCUT2D eigenvalue weighted by atomic mass is 9.69. The molecule has 0 heterocycles. The molecule has 0 spiro atoms. The standard InChI is InChI=1S/C14H26/c1-4-10(2)12-7-8-14-11(3)5-6-13(14)9-12/h10-14H,4-9H2,1-3H3. The van der Waals surface area contributed by atoms with Crippen molar-refractivity contribution in [2.75, 3.05) is 0 Å². The Hall–Kier alpha value is 0. The Balaban J connectivity index is 1.92. The molecule has 5 unspecified atom stereocenters. The SMILES string of the molecule is CCC(C)C1CCC2C(C)CCC2C1. The molecule has 0 aromatic carbocycles.